The van der Waals surface area contributed by atoms with E-state index < -0.39 is 11.9 Å². The molecule has 0 unspecified atom stereocenters. The third-order valence-corrected chi connectivity index (χ3v) is 3.63. The van der Waals surface area contributed by atoms with Crippen molar-refractivity contribution in [2.45, 2.75) is 16.1 Å². The third-order valence-electron chi connectivity index (χ3n) is 2.44. The van der Waals surface area contributed by atoms with Crippen LogP contribution in [0.2, 0.25) is 0 Å². The van der Waals surface area contributed by atoms with E-state index >= 15 is 0 Å². The molecule has 4 nitrogen and oxygen atoms in total. The van der Waals surface area contributed by atoms with Gasteiger partial charge >= 0.3 is 6.18 Å². The second-order valence-corrected chi connectivity index (χ2v) is 4.91. The predicted molar refractivity (Wildman–Crippen MR) is 68.2 cm³/mol. The van der Waals surface area contributed by atoms with Crippen LogP contribution in [0.1, 0.15) is 11.3 Å². The molecule has 1 heterocycles. The topological polar surface area (TPSA) is 50.4 Å². The number of aryl methyl sites for hydroxylation is 1. The van der Waals surface area contributed by atoms with Gasteiger partial charge in [0, 0.05) is 11.9 Å². The highest BCUT2D eigenvalue weighted by Crippen LogP contribution is 2.37. The van der Waals surface area contributed by atoms with E-state index in [0.717, 1.165) is 27.6 Å². The fourth-order valence-corrected chi connectivity index (χ4v) is 2.58. The molecule has 0 aliphatic carbocycles. The number of alkyl halides is 3. The SMILES string of the molecule is Cn1nc(C(F)(F)F)c(C=NO)c1Sc1ccccc1. The number of benzene rings is 1. The normalized spacial score (nSPS) is 12.2. The Labute approximate surface area is 116 Å². The Morgan fingerprint density at radius 3 is 2.50 bits per heavy atom. The van der Waals surface area contributed by atoms with Crippen LogP contribution in [0.3, 0.4) is 0 Å². The molecule has 0 amide bonds. The summed E-state index contributed by atoms with van der Waals surface area (Å²) in [6, 6.07) is 8.91. The lowest BCUT2D eigenvalue weighted by Crippen LogP contribution is -2.09. The van der Waals surface area contributed by atoms with E-state index in [-0.39, 0.29) is 10.6 Å². The van der Waals surface area contributed by atoms with Gasteiger partial charge in [0.2, 0.25) is 0 Å². The smallest absolute Gasteiger partial charge is 0.411 e. The zero-order chi connectivity index (χ0) is 14.8. The van der Waals surface area contributed by atoms with Crippen LogP contribution in [0.25, 0.3) is 0 Å². The van der Waals surface area contributed by atoms with Crippen molar-refractivity contribution in [1.82, 2.24) is 9.78 Å². The van der Waals surface area contributed by atoms with Gasteiger partial charge in [0.25, 0.3) is 0 Å². The van der Waals surface area contributed by atoms with Gasteiger partial charge in [-0.05, 0) is 12.1 Å². The minimum atomic E-state index is -4.61. The zero-order valence-corrected chi connectivity index (χ0v) is 11.1. The van der Waals surface area contributed by atoms with Crippen LogP contribution in [0, 0.1) is 0 Å². The van der Waals surface area contributed by atoms with E-state index in [2.05, 4.69) is 10.3 Å². The number of hydrogen-bond acceptors (Lipinski definition) is 4. The minimum Gasteiger partial charge on any atom is -0.411 e. The van der Waals surface area contributed by atoms with Gasteiger partial charge in [-0.25, -0.2) is 0 Å². The molecule has 0 fully saturated rings. The van der Waals surface area contributed by atoms with Crippen LogP contribution in [-0.4, -0.2) is 21.2 Å². The fraction of sp³-hybridized carbons (Fsp3) is 0.167. The van der Waals surface area contributed by atoms with E-state index in [9.17, 15) is 13.2 Å². The van der Waals surface area contributed by atoms with Gasteiger partial charge in [-0.1, -0.05) is 35.1 Å². The molecule has 0 atom stereocenters. The summed E-state index contributed by atoms with van der Waals surface area (Å²) in [6.07, 6.45) is -3.86. The molecule has 2 rings (SSSR count). The maximum atomic E-state index is 12.9. The first-order valence-corrected chi connectivity index (χ1v) is 6.29. The molecule has 0 saturated carbocycles. The van der Waals surface area contributed by atoms with Crippen LogP contribution in [-0.2, 0) is 13.2 Å². The van der Waals surface area contributed by atoms with Crippen LogP contribution < -0.4 is 0 Å². The first kappa shape index (κ1) is 14.4. The summed E-state index contributed by atoms with van der Waals surface area (Å²) >= 11 is 1.12. The van der Waals surface area contributed by atoms with Gasteiger partial charge in [-0.2, -0.15) is 18.3 Å². The summed E-state index contributed by atoms with van der Waals surface area (Å²) in [5.41, 5.74) is -1.33. The summed E-state index contributed by atoms with van der Waals surface area (Å²) in [7, 11) is 1.41. The molecular formula is C12H10F3N3OS. The molecule has 106 valence electrons. The molecule has 0 aliphatic heterocycles. The summed E-state index contributed by atoms with van der Waals surface area (Å²) in [5, 5.41) is 15.0. The Morgan fingerprint density at radius 2 is 1.95 bits per heavy atom. The Hall–Kier alpha value is -1.96. The molecule has 8 heteroatoms. The Bertz CT molecular complexity index is 623. The van der Waals surface area contributed by atoms with E-state index in [1.54, 1.807) is 24.3 Å². The molecule has 0 bridgehead atoms. The first-order chi connectivity index (χ1) is 9.43. The number of hydrogen-bond donors (Lipinski definition) is 1. The third kappa shape index (κ3) is 2.96. The Morgan fingerprint density at radius 1 is 1.30 bits per heavy atom. The van der Waals surface area contributed by atoms with Gasteiger partial charge in [0.15, 0.2) is 5.69 Å². The van der Waals surface area contributed by atoms with E-state index in [1.807, 2.05) is 6.07 Å². The largest absolute Gasteiger partial charge is 0.435 e. The average molecular weight is 301 g/mol. The van der Waals surface area contributed by atoms with Crippen molar-refractivity contribution in [2.24, 2.45) is 12.2 Å². The van der Waals surface area contributed by atoms with Crippen molar-refractivity contribution in [2.75, 3.05) is 0 Å². The first-order valence-electron chi connectivity index (χ1n) is 5.48. The summed E-state index contributed by atoms with van der Waals surface area (Å²) < 4.78 is 39.7. The molecule has 0 saturated heterocycles. The molecule has 20 heavy (non-hydrogen) atoms. The summed E-state index contributed by atoms with van der Waals surface area (Å²) in [4.78, 5) is 0.761. The molecule has 0 aliphatic rings. The van der Waals surface area contributed by atoms with Gasteiger partial charge in [-0.15, -0.1) is 0 Å². The maximum Gasteiger partial charge on any atom is 0.435 e. The minimum absolute atomic E-state index is 0.251. The second kappa shape index (κ2) is 5.58. The van der Waals surface area contributed by atoms with Crippen molar-refractivity contribution in [1.29, 1.82) is 0 Å². The number of rotatable bonds is 3. The highest BCUT2D eigenvalue weighted by molar-refractivity contribution is 7.99. The quantitative estimate of drug-likeness (QED) is 0.537. The predicted octanol–water partition coefficient (Wildman–Crippen LogP) is 3.40. The van der Waals surface area contributed by atoms with Crippen molar-refractivity contribution in [3.63, 3.8) is 0 Å². The number of oxime groups is 1. The van der Waals surface area contributed by atoms with Gasteiger partial charge in [-0.3, -0.25) is 4.68 Å². The van der Waals surface area contributed by atoms with Crippen molar-refractivity contribution in [3.8, 4) is 0 Å². The molecule has 0 radical (unpaired) electrons. The molecule has 0 spiro atoms. The van der Waals surface area contributed by atoms with Crippen LogP contribution in [0.5, 0.6) is 0 Å². The lowest BCUT2D eigenvalue weighted by Gasteiger charge is -2.04. The average Bonchev–Trinajstić information content (AvgIpc) is 2.69. The number of aromatic nitrogens is 2. The lowest BCUT2D eigenvalue weighted by atomic mass is 10.2. The molecule has 1 N–H and O–H groups in total. The maximum absolute atomic E-state index is 12.9. The zero-order valence-electron chi connectivity index (χ0n) is 10.3. The second-order valence-electron chi connectivity index (χ2n) is 3.85. The monoisotopic (exact) mass is 301 g/mol. The Balaban J connectivity index is 2.50. The van der Waals surface area contributed by atoms with Crippen LogP contribution in [0.15, 0.2) is 45.4 Å². The van der Waals surface area contributed by atoms with Crippen LogP contribution in [0.4, 0.5) is 13.2 Å². The van der Waals surface area contributed by atoms with E-state index in [1.165, 1.54) is 7.05 Å². The highest BCUT2D eigenvalue weighted by Gasteiger charge is 2.38. The summed E-state index contributed by atoms with van der Waals surface area (Å²) in [5.74, 6) is 0. The number of halogens is 3. The standard InChI is InChI=1S/C12H10F3N3OS/c1-18-11(20-8-5-3-2-4-6-8)9(7-16-19)10(17-18)12(13,14)15/h2-7,19H,1H3. The molecule has 1 aromatic heterocycles. The van der Waals surface area contributed by atoms with Crippen molar-refractivity contribution in [3.05, 3.63) is 41.6 Å². The van der Waals surface area contributed by atoms with Crippen molar-refractivity contribution < 1.29 is 18.4 Å². The van der Waals surface area contributed by atoms with Gasteiger partial charge in [0.1, 0.15) is 5.03 Å². The van der Waals surface area contributed by atoms with E-state index in [0.29, 0.717) is 0 Å². The van der Waals surface area contributed by atoms with Gasteiger partial charge in [0.05, 0.1) is 11.8 Å². The van der Waals surface area contributed by atoms with Crippen LogP contribution >= 0.6 is 11.8 Å². The molecule has 2 aromatic rings. The van der Waals surface area contributed by atoms with Gasteiger partial charge < -0.3 is 5.21 Å². The Kier molecular flexibility index (Phi) is 4.03. The highest BCUT2D eigenvalue weighted by atomic mass is 32.2. The fourth-order valence-electron chi connectivity index (χ4n) is 1.63. The molecular weight excluding hydrogens is 291 g/mol. The lowest BCUT2D eigenvalue weighted by molar-refractivity contribution is -0.141. The summed E-state index contributed by atoms with van der Waals surface area (Å²) in [6.45, 7) is 0. The number of nitrogens with zero attached hydrogens (tertiary/aromatic N) is 3. The van der Waals surface area contributed by atoms with E-state index in [4.69, 9.17) is 5.21 Å². The molecule has 1 aromatic carbocycles. The van der Waals surface area contributed by atoms with Crippen molar-refractivity contribution >= 4 is 18.0 Å².